The van der Waals surface area contributed by atoms with E-state index in [1.54, 1.807) is 6.92 Å². The molecule has 0 saturated heterocycles. The highest BCUT2D eigenvalue weighted by Crippen LogP contribution is 2.29. The van der Waals surface area contributed by atoms with Crippen molar-refractivity contribution in [1.29, 1.82) is 0 Å². The van der Waals surface area contributed by atoms with Crippen LogP contribution in [0.2, 0.25) is 0 Å². The highest BCUT2D eigenvalue weighted by molar-refractivity contribution is 5.67. The molecule has 0 atom stereocenters. The molecular formula is C13H12FN3O. The second kappa shape index (κ2) is 3.87. The molecule has 1 aromatic heterocycles. The Hall–Kier alpha value is -2.30. The minimum atomic E-state index is -0.415. The van der Waals surface area contributed by atoms with E-state index in [4.69, 9.17) is 4.74 Å². The number of aromatic amines is 1. The van der Waals surface area contributed by atoms with Gasteiger partial charge in [-0.1, -0.05) is 6.07 Å². The molecule has 92 valence electrons. The van der Waals surface area contributed by atoms with Crippen LogP contribution in [0.3, 0.4) is 0 Å². The number of anilines is 1. The van der Waals surface area contributed by atoms with Gasteiger partial charge in [-0.25, -0.2) is 4.98 Å². The zero-order valence-electron chi connectivity index (χ0n) is 9.88. The van der Waals surface area contributed by atoms with Crippen LogP contribution in [0.5, 0.6) is 0 Å². The third-order valence-electron chi connectivity index (χ3n) is 2.83. The summed E-state index contributed by atoms with van der Waals surface area (Å²) in [6.45, 7) is 5.85. The molecule has 2 aromatic rings. The highest BCUT2D eigenvalue weighted by Gasteiger charge is 2.15. The fraction of sp³-hybridized carbons (Fsp3) is 0.154. The molecule has 3 rings (SSSR count). The van der Waals surface area contributed by atoms with Gasteiger partial charge in [0.2, 0.25) is 5.95 Å². The lowest BCUT2D eigenvalue weighted by Gasteiger charge is -2.21. The first-order valence-corrected chi connectivity index (χ1v) is 5.57. The van der Waals surface area contributed by atoms with Crippen molar-refractivity contribution < 1.29 is 9.13 Å². The van der Waals surface area contributed by atoms with Crippen LogP contribution in [0.15, 0.2) is 30.7 Å². The van der Waals surface area contributed by atoms with Crippen molar-refractivity contribution in [3.8, 4) is 11.3 Å². The zero-order chi connectivity index (χ0) is 12.7. The fourth-order valence-corrected chi connectivity index (χ4v) is 1.99. The number of aryl methyl sites for hydroxylation is 1. The maximum absolute atomic E-state index is 13.6. The second-order valence-corrected chi connectivity index (χ2v) is 4.19. The third-order valence-corrected chi connectivity index (χ3v) is 2.83. The van der Waals surface area contributed by atoms with Crippen molar-refractivity contribution in [1.82, 2.24) is 9.97 Å². The average molecular weight is 245 g/mol. The Kier molecular flexibility index (Phi) is 2.33. The molecule has 5 heteroatoms. The lowest BCUT2D eigenvalue weighted by atomic mass is 10.1. The van der Waals surface area contributed by atoms with Crippen LogP contribution in [0.25, 0.3) is 11.3 Å². The summed E-state index contributed by atoms with van der Waals surface area (Å²) in [5.41, 5.74) is 2.95. The third kappa shape index (κ3) is 1.73. The molecule has 0 amide bonds. The van der Waals surface area contributed by atoms with E-state index in [9.17, 15) is 4.39 Å². The number of hydrogen-bond acceptors (Lipinski definition) is 3. The standard InChI is InChI=1S/C13H12FN3O/c1-7-15-12(13(14)16-7)9-3-4-11-10(5-9)6-18-8(2)17-11/h3-5,17H,2,6H2,1H3,(H,15,16). The van der Waals surface area contributed by atoms with Crippen molar-refractivity contribution in [2.24, 2.45) is 0 Å². The smallest absolute Gasteiger partial charge is 0.218 e. The monoisotopic (exact) mass is 245 g/mol. The molecule has 0 spiro atoms. The molecule has 1 aromatic carbocycles. The van der Waals surface area contributed by atoms with E-state index in [1.807, 2.05) is 18.2 Å². The van der Waals surface area contributed by atoms with Crippen LogP contribution in [0.1, 0.15) is 11.4 Å². The predicted molar refractivity (Wildman–Crippen MR) is 66.3 cm³/mol. The Bertz CT molecular complexity index is 633. The fourth-order valence-electron chi connectivity index (χ4n) is 1.99. The van der Waals surface area contributed by atoms with Gasteiger partial charge in [0.1, 0.15) is 18.1 Å². The SMILES string of the molecule is C=C1Nc2ccc(-c3nc(C)[nH]c3F)cc2CO1. The van der Waals surface area contributed by atoms with Crippen LogP contribution in [-0.4, -0.2) is 9.97 Å². The summed E-state index contributed by atoms with van der Waals surface area (Å²) >= 11 is 0. The number of halogens is 1. The normalized spacial score (nSPS) is 13.8. The molecule has 2 heterocycles. The number of aromatic nitrogens is 2. The summed E-state index contributed by atoms with van der Waals surface area (Å²) in [5.74, 6) is 0.668. The number of nitrogens with zero attached hydrogens (tertiary/aromatic N) is 1. The summed E-state index contributed by atoms with van der Waals surface area (Å²) in [6, 6.07) is 5.57. The minimum Gasteiger partial charge on any atom is -0.475 e. The molecule has 0 unspecified atom stereocenters. The van der Waals surface area contributed by atoms with Crippen LogP contribution in [-0.2, 0) is 11.3 Å². The van der Waals surface area contributed by atoms with Crippen molar-refractivity contribution in [3.05, 3.63) is 48.0 Å². The number of hydrogen-bond donors (Lipinski definition) is 2. The summed E-state index contributed by atoms with van der Waals surface area (Å²) in [4.78, 5) is 6.69. The number of H-pyrrole nitrogens is 1. The van der Waals surface area contributed by atoms with E-state index in [0.29, 0.717) is 24.0 Å². The maximum Gasteiger partial charge on any atom is 0.218 e. The van der Waals surface area contributed by atoms with Gasteiger partial charge in [0, 0.05) is 16.8 Å². The van der Waals surface area contributed by atoms with Gasteiger partial charge in [-0.15, -0.1) is 0 Å². The van der Waals surface area contributed by atoms with Crippen molar-refractivity contribution >= 4 is 5.69 Å². The predicted octanol–water partition coefficient (Wildman–Crippen LogP) is 2.94. The number of ether oxygens (including phenoxy) is 1. The van der Waals surface area contributed by atoms with Gasteiger partial charge < -0.3 is 15.0 Å². The molecule has 18 heavy (non-hydrogen) atoms. The molecule has 0 bridgehead atoms. The van der Waals surface area contributed by atoms with Gasteiger partial charge in [0.05, 0.1) is 0 Å². The van der Waals surface area contributed by atoms with Gasteiger partial charge in [-0.3, -0.25) is 0 Å². The molecule has 0 saturated carbocycles. The molecule has 4 nitrogen and oxygen atoms in total. The average Bonchev–Trinajstić information content (AvgIpc) is 2.68. The Morgan fingerprint density at radius 2 is 2.28 bits per heavy atom. The quantitative estimate of drug-likeness (QED) is 0.812. The molecule has 2 N–H and O–H groups in total. The van der Waals surface area contributed by atoms with Gasteiger partial charge in [-0.2, -0.15) is 4.39 Å². The topological polar surface area (TPSA) is 49.9 Å². The molecule has 1 aliphatic rings. The van der Waals surface area contributed by atoms with Gasteiger partial charge in [-0.05, 0) is 25.6 Å². The van der Waals surface area contributed by atoms with Crippen LogP contribution in [0.4, 0.5) is 10.1 Å². The van der Waals surface area contributed by atoms with Crippen molar-refractivity contribution in [2.75, 3.05) is 5.32 Å². The lowest BCUT2D eigenvalue weighted by Crippen LogP contribution is -2.11. The summed E-state index contributed by atoms with van der Waals surface area (Å²) in [7, 11) is 0. The Labute approximate surface area is 104 Å². The van der Waals surface area contributed by atoms with Crippen LogP contribution < -0.4 is 5.32 Å². The van der Waals surface area contributed by atoms with Gasteiger partial charge in [0.25, 0.3) is 0 Å². The molecule has 1 aliphatic heterocycles. The Morgan fingerprint density at radius 3 is 3.00 bits per heavy atom. The van der Waals surface area contributed by atoms with Crippen LogP contribution in [0, 0.1) is 12.9 Å². The molecular weight excluding hydrogens is 233 g/mol. The minimum absolute atomic E-state index is 0.333. The molecule has 0 aliphatic carbocycles. The molecule has 0 fully saturated rings. The van der Waals surface area contributed by atoms with Crippen molar-refractivity contribution in [2.45, 2.75) is 13.5 Å². The number of imidazole rings is 1. The number of nitrogens with one attached hydrogen (secondary N) is 2. The van der Waals surface area contributed by atoms with Gasteiger partial charge >= 0.3 is 0 Å². The zero-order valence-corrected chi connectivity index (χ0v) is 9.88. The summed E-state index contributed by atoms with van der Waals surface area (Å²) in [6.07, 6.45) is 0. The first-order chi connectivity index (χ1) is 8.63. The van der Waals surface area contributed by atoms with E-state index in [2.05, 4.69) is 21.9 Å². The number of rotatable bonds is 1. The van der Waals surface area contributed by atoms with E-state index in [-0.39, 0.29) is 0 Å². The first kappa shape index (κ1) is 10.8. The number of fused-ring (bicyclic) bond motifs is 1. The van der Waals surface area contributed by atoms with E-state index < -0.39 is 5.95 Å². The maximum atomic E-state index is 13.6. The Balaban J connectivity index is 2.05. The lowest BCUT2D eigenvalue weighted by molar-refractivity contribution is 0.198. The van der Waals surface area contributed by atoms with E-state index >= 15 is 0 Å². The summed E-state index contributed by atoms with van der Waals surface area (Å²) in [5, 5.41) is 3.02. The second-order valence-electron chi connectivity index (χ2n) is 4.19. The van der Waals surface area contributed by atoms with Crippen molar-refractivity contribution in [3.63, 3.8) is 0 Å². The Morgan fingerprint density at radius 1 is 1.44 bits per heavy atom. The van der Waals surface area contributed by atoms with E-state index in [1.165, 1.54) is 0 Å². The highest BCUT2D eigenvalue weighted by atomic mass is 19.1. The van der Waals surface area contributed by atoms with Gasteiger partial charge in [0.15, 0.2) is 5.88 Å². The summed E-state index contributed by atoms with van der Waals surface area (Å²) < 4.78 is 18.9. The number of benzene rings is 1. The largest absolute Gasteiger partial charge is 0.475 e. The van der Waals surface area contributed by atoms with Crippen LogP contribution >= 0.6 is 0 Å². The van der Waals surface area contributed by atoms with E-state index in [0.717, 1.165) is 16.8 Å². The molecule has 0 radical (unpaired) electrons. The first-order valence-electron chi connectivity index (χ1n) is 5.57.